The molecule has 82 valence electrons. The van der Waals surface area contributed by atoms with Crippen molar-refractivity contribution in [2.24, 2.45) is 5.92 Å². The lowest BCUT2D eigenvalue weighted by Crippen LogP contribution is -2.49. The van der Waals surface area contributed by atoms with Crippen molar-refractivity contribution in [1.82, 2.24) is 4.90 Å². The molecule has 1 aliphatic heterocycles. The van der Waals surface area contributed by atoms with Gasteiger partial charge in [0.05, 0.1) is 6.54 Å². The number of likely N-dealkylation sites (tertiary alicyclic amines) is 1. The quantitative estimate of drug-likeness (QED) is 0.561. The Hall–Kier alpha value is -0.810. The topological polar surface area (TPSA) is 20.3 Å². The summed E-state index contributed by atoms with van der Waals surface area (Å²) in [6.45, 7) is 1.17. The molecule has 2 atom stereocenters. The van der Waals surface area contributed by atoms with Crippen LogP contribution in [0.4, 0.5) is 17.6 Å². The molecule has 0 N–H and O–H groups in total. The van der Waals surface area contributed by atoms with E-state index in [-0.39, 0.29) is 18.9 Å². The largest absolute Gasteiger partial charge is 0.471 e. The Labute approximate surface area is 78.9 Å². The van der Waals surface area contributed by atoms with Gasteiger partial charge >= 0.3 is 12.1 Å². The van der Waals surface area contributed by atoms with Crippen LogP contribution in [0.15, 0.2) is 0 Å². The predicted molar refractivity (Wildman–Crippen MR) is 41.3 cm³/mol. The van der Waals surface area contributed by atoms with E-state index >= 15 is 0 Å². The maximum absolute atomic E-state index is 13.0. The van der Waals surface area contributed by atoms with Crippen LogP contribution in [0.5, 0.6) is 0 Å². The van der Waals surface area contributed by atoms with Gasteiger partial charge in [0, 0.05) is 6.54 Å². The summed E-state index contributed by atoms with van der Waals surface area (Å²) < 4.78 is 48.8. The van der Waals surface area contributed by atoms with Crippen molar-refractivity contribution < 1.29 is 22.4 Å². The third-order valence-electron chi connectivity index (χ3n) is 2.40. The van der Waals surface area contributed by atoms with Crippen molar-refractivity contribution in [2.45, 2.75) is 25.7 Å². The second-order valence-corrected chi connectivity index (χ2v) is 3.53. The fourth-order valence-electron chi connectivity index (χ4n) is 1.39. The zero-order valence-electron chi connectivity index (χ0n) is 7.64. The number of amides is 1. The number of rotatable bonds is 0. The molecule has 1 heterocycles. The van der Waals surface area contributed by atoms with E-state index < -0.39 is 24.8 Å². The first kappa shape index (κ1) is 11.3. The van der Waals surface area contributed by atoms with Gasteiger partial charge in [-0.1, -0.05) is 6.92 Å². The highest BCUT2D eigenvalue weighted by Gasteiger charge is 2.44. The van der Waals surface area contributed by atoms with E-state index in [0.717, 1.165) is 0 Å². The molecule has 0 aromatic carbocycles. The minimum absolute atomic E-state index is 0.0140. The summed E-state index contributed by atoms with van der Waals surface area (Å²) in [7, 11) is 0. The van der Waals surface area contributed by atoms with E-state index in [1.807, 2.05) is 0 Å². The second-order valence-electron chi connectivity index (χ2n) is 3.53. The van der Waals surface area contributed by atoms with Crippen LogP contribution in [0.25, 0.3) is 0 Å². The molecule has 0 radical (unpaired) electrons. The standard InChI is InChI=1S/C8H11F4NO/c1-5-2-3-13(4-6(5)9)7(14)8(10,11)12/h5-6H,2-4H2,1H3/t5-,6+/m0/s1. The van der Waals surface area contributed by atoms with Crippen LogP contribution < -0.4 is 0 Å². The molecule has 0 aliphatic carbocycles. The Balaban J connectivity index is 2.59. The van der Waals surface area contributed by atoms with Crippen molar-refractivity contribution in [2.75, 3.05) is 13.1 Å². The van der Waals surface area contributed by atoms with Crippen LogP contribution in [0.1, 0.15) is 13.3 Å². The average molecular weight is 213 g/mol. The summed E-state index contributed by atoms with van der Waals surface area (Å²) >= 11 is 0. The lowest BCUT2D eigenvalue weighted by molar-refractivity contribution is -0.187. The first-order valence-electron chi connectivity index (χ1n) is 4.32. The Morgan fingerprint density at radius 2 is 2.00 bits per heavy atom. The molecule has 0 aromatic heterocycles. The first-order valence-corrected chi connectivity index (χ1v) is 4.32. The van der Waals surface area contributed by atoms with Crippen LogP contribution in [0.2, 0.25) is 0 Å². The minimum atomic E-state index is -4.89. The summed E-state index contributed by atoms with van der Waals surface area (Å²) in [5, 5.41) is 0. The number of carbonyl (C=O) groups is 1. The molecule has 0 bridgehead atoms. The van der Waals surface area contributed by atoms with Gasteiger partial charge in [-0.25, -0.2) is 4.39 Å². The van der Waals surface area contributed by atoms with Crippen LogP contribution in [-0.4, -0.2) is 36.2 Å². The number of halogens is 4. The predicted octanol–water partition coefficient (Wildman–Crippen LogP) is 1.76. The van der Waals surface area contributed by atoms with Crippen LogP contribution in [0, 0.1) is 5.92 Å². The molecule has 0 spiro atoms. The molecule has 2 nitrogen and oxygen atoms in total. The average Bonchev–Trinajstić information content (AvgIpc) is 2.07. The van der Waals surface area contributed by atoms with Gasteiger partial charge in [0.15, 0.2) is 0 Å². The zero-order valence-corrected chi connectivity index (χ0v) is 7.64. The van der Waals surface area contributed by atoms with Gasteiger partial charge in [-0.15, -0.1) is 0 Å². The number of hydrogen-bond acceptors (Lipinski definition) is 1. The van der Waals surface area contributed by atoms with Crippen molar-refractivity contribution in [3.05, 3.63) is 0 Å². The summed E-state index contributed by atoms with van der Waals surface area (Å²) in [4.78, 5) is 11.2. The molecule has 1 aliphatic rings. The number of alkyl halides is 4. The van der Waals surface area contributed by atoms with Gasteiger partial charge in [0.25, 0.3) is 0 Å². The highest BCUT2D eigenvalue weighted by Crippen LogP contribution is 2.25. The van der Waals surface area contributed by atoms with Gasteiger partial charge in [-0.3, -0.25) is 4.79 Å². The minimum Gasteiger partial charge on any atom is -0.332 e. The van der Waals surface area contributed by atoms with Gasteiger partial charge in [0.2, 0.25) is 0 Å². The molecule has 0 saturated carbocycles. The highest BCUT2D eigenvalue weighted by atomic mass is 19.4. The molecular formula is C8H11F4NO. The maximum atomic E-state index is 13.0. The van der Waals surface area contributed by atoms with Crippen LogP contribution >= 0.6 is 0 Å². The van der Waals surface area contributed by atoms with E-state index in [2.05, 4.69) is 0 Å². The fourth-order valence-corrected chi connectivity index (χ4v) is 1.39. The third kappa shape index (κ3) is 2.36. The summed E-state index contributed by atoms with van der Waals surface area (Å²) in [6.07, 6.45) is -5.96. The Kier molecular flexibility index (Phi) is 3.01. The number of nitrogens with zero attached hydrogens (tertiary/aromatic N) is 1. The summed E-state index contributed by atoms with van der Waals surface area (Å²) in [6, 6.07) is 0. The number of hydrogen-bond donors (Lipinski definition) is 0. The fraction of sp³-hybridized carbons (Fsp3) is 0.875. The van der Waals surface area contributed by atoms with E-state index in [4.69, 9.17) is 0 Å². The molecular weight excluding hydrogens is 202 g/mol. The highest BCUT2D eigenvalue weighted by molar-refractivity contribution is 5.81. The maximum Gasteiger partial charge on any atom is 0.471 e. The molecule has 1 rings (SSSR count). The normalized spacial score (nSPS) is 29.1. The van der Waals surface area contributed by atoms with E-state index in [1.54, 1.807) is 6.92 Å². The lowest BCUT2D eigenvalue weighted by Gasteiger charge is -2.33. The number of piperidine rings is 1. The molecule has 14 heavy (non-hydrogen) atoms. The van der Waals surface area contributed by atoms with E-state index in [0.29, 0.717) is 4.90 Å². The summed E-state index contributed by atoms with van der Waals surface area (Å²) in [5.41, 5.74) is 0. The second kappa shape index (κ2) is 3.74. The Morgan fingerprint density at radius 3 is 2.43 bits per heavy atom. The Bertz CT molecular complexity index is 228. The van der Waals surface area contributed by atoms with Crippen LogP contribution in [-0.2, 0) is 4.79 Å². The molecule has 1 fully saturated rings. The van der Waals surface area contributed by atoms with Crippen molar-refractivity contribution in [1.29, 1.82) is 0 Å². The van der Waals surface area contributed by atoms with Gasteiger partial charge in [-0.05, 0) is 12.3 Å². The SMILES string of the molecule is C[C@H]1CCN(C(=O)C(F)(F)F)C[C@H]1F. The van der Waals surface area contributed by atoms with Gasteiger partial charge < -0.3 is 4.90 Å². The monoisotopic (exact) mass is 213 g/mol. The molecule has 6 heteroatoms. The van der Waals surface area contributed by atoms with E-state index in [9.17, 15) is 22.4 Å². The molecule has 0 unspecified atom stereocenters. The van der Waals surface area contributed by atoms with E-state index in [1.165, 1.54) is 0 Å². The smallest absolute Gasteiger partial charge is 0.332 e. The first-order chi connectivity index (χ1) is 6.32. The molecule has 1 amide bonds. The Morgan fingerprint density at radius 1 is 1.43 bits per heavy atom. The van der Waals surface area contributed by atoms with Crippen molar-refractivity contribution in [3.8, 4) is 0 Å². The lowest BCUT2D eigenvalue weighted by atomic mass is 9.97. The summed E-state index contributed by atoms with van der Waals surface area (Å²) in [5.74, 6) is -2.21. The molecule has 1 saturated heterocycles. The number of carbonyl (C=O) groups excluding carboxylic acids is 1. The zero-order chi connectivity index (χ0) is 10.9. The van der Waals surface area contributed by atoms with Crippen molar-refractivity contribution in [3.63, 3.8) is 0 Å². The third-order valence-corrected chi connectivity index (χ3v) is 2.40. The molecule has 0 aromatic rings. The van der Waals surface area contributed by atoms with Gasteiger partial charge in [-0.2, -0.15) is 13.2 Å². The van der Waals surface area contributed by atoms with Gasteiger partial charge in [0.1, 0.15) is 6.17 Å². The van der Waals surface area contributed by atoms with Crippen molar-refractivity contribution >= 4 is 5.91 Å². The van der Waals surface area contributed by atoms with Crippen LogP contribution in [0.3, 0.4) is 0 Å².